The van der Waals surface area contributed by atoms with Gasteiger partial charge >= 0.3 is 0 Å². The minimum atomic E-state index is 0.204. The smallest absolute Gasteiger partial charge is 0.140 e. The number of ether oxygens (including phenoxy) is 1. The van der Waals surface area contributed by atoms with Crippen LogP contribution in [0.2, 0.25) is 0 Å². The van der Waals surface area contributed by atoms with Crippen LogP contribution in [0, 0.1) is 0 Å². The molecule has 3 N–H and O–H groups in total. The standard InChI is InChI=1S/C13H23N5O2/c1-3-4-11-9-13(16-10-15-11)18(7-8-20-2)6-5-12(14)17-19/h9-10,19H,3-8H2,1-2H3,(H2,14,17). The van der Waals surface area contributed by atoms with E-state index in [0.717, 1.165) is 24.4 Å². The second kappa shape index (κ2) is 9.08. The lowest BCUT2D eigenvalue weighted by atomic mass is 10.2. The second-order valence-electron chi connectivity index (χ2n) is 4.44. The van der Waals surface area contributed by atoms with Crippen molar-refractivity contribution in [3.63, 3.8) is 0 Å². The molecule has 0 atom stereocenters. The molecule has 0 saturated carbocycles. The van der Waals surface area contributed by atoms with Crippen molar-refractivity contribution < 1.29 is 9.94 Å². The van der Waals surface area contributed by atoms with Gasteiger partial charge in [-0.1, -0.05) is 18.5 Å². The van der Waals surface area contributed by atoms with Crippen molar-refractivity contribution in [2.24, 2.45) is 10.9 Å². The number of amidine groups is 1. The minimum Gasteiger partial charge on any atom is -0.409 e. The summed E-state index contributed by atoms with van der Waals surface area (Å²) in [5.74, 6) is 1.04. The van der Waals surface area contributed by atoms with Crippen LogP contribution in [0.1, 0.15) is 25.5 Å². The zero-order valence-corrected chi connectivity index (χ0v) is 12.1. The third kappa shape index (κ3) is 5.40. The molecule has 0 fully saturated rings. The van der Waals surface area contributed by atoms with E-state index in [2.05, 4.69) is 22.0 Å². The Morgan fingerprint density at radius 1 is 1.45 bits per heavy atom. The maximum Gasteiger partial charge on any atom is 0.140 e. The summed E-state index contributed by atoms with van der Waals surface area (Å²) in [6, 6.07) is 1.98. The van der Waals surface area contributed by atoms with Crippen LogP contribution in [0.25, 0.3) is 0 Å². The van der Waals surface area contributed by atoms with E-state index < -0.39 is 0 Å². The third-order valence-electron chi connectivity index (χ3n) is 2.87. The fourth-order valence-corrected chi connectivity index (χ4v) is 1.79. The van der Waals surface area contributed by atoms with E-state index in [4.69, 9.17) is 15.7 Å². The largest absolute Gasteiger partial charge is 0.409 e. The number of aryl methyl sites for hydroxylation is 1. The highest BCUT2D eigenvalue weighted by Gasteiger charge is 2.10. The molecule has 0 spiro atoms. The number of anilines is 1. The van der Waals surface area contributed by atoms with Gasteiger partial charge in [-0.25, -0.2) is 9.97 Å². The molecule has 0 unspecified atom stereocenters. The van der Waals surface area contributed by atoms with E-state index >= 15 is 0 Å². The van der Waals surface area contributed by atoms with Crippen LogP contribution in [0.3, 0.4) is 0 Å². The number of hydrogen-bond acceptors (Lipinski definition) is 6. The van der Waals surface area contributed by atoms with E-state index in [1.165, 1.54) is 0 Å². The topological polar surface area (TPSA) is 96.9 Å². The Labute approximate surface area is 119 Å². The van der Waals surface area contributed by atoms with E-state index in [1.807, 2.05) is 11.0 Å². The van der Waals surface area contributed by atoms with Crippen LogP contribution in [-0.2, 0) is 11.2 Å². The number of oxime groups is 1. The summed E-state index contributed by atoms with van der Waals surface area (Å²) >= 11 is 0. The lowest BCUT2D eigenvalue weighted by Crippen LogP contribution is -2.32. The van der Waals surface area contributed by atoms with E-state index in [0.29, 0.717) is 26.1 Å². The van der Waals surface area contributed by atoms with Crippen molar-refractivity contribution in [1.82, 2.24) is 9.97 Å². The van der Waals surface area contributed by atoms with Gasteiger partial charge in [-0.15, -0.1) is 0 Å². The van der Waals surface area contributed by atoms with Crippen LogP contribution in [0.15, 0.2) is 17.5 Å². The van der Waals surface area contributed by atoms with E-state index in [1.54, 1.807) is 13.4 Å². The zero-order chi connectivity index (χ0) is 14.8. The molecule has 0 bridgehead atoms. The van der Waals surface area contributed by atoms with E-state index in [-0.39, 0.29) is 5.84 Å². The van der Waals surface area contributed by atoms with Crippen LogP contribution < -0.4 is 10.6 Å². The maximum absolute atomic E-state index is 8.60. The highest BCUT2D eigenvalue weighted by Crippen LogP contribution is 2.12. The number of hydrogen-bond donors (Lipinski definition) is 2. The molecule has 20 heavy (non-hydrogen) atoms. The quantitative estimate of drug-likeness (QED) is 0.303. The third-order valence-corrected chi connectivity index (χ3v) is 2.87. The van der Waals surface area contributed by atoms with Crippen molar-refractivity contribution in [3.05, 3.63) is 18.1 Å². The molecule has 112 valence electrons. The average Bonchev–Trinajstić information content (AvgIpc) is 2.47. The first-order valence-electron chi connectivity index (χ1n) is 6.72. The summed E-state index contributed by atoms with van der Waals surface area (Å²) in [6.45, 7) is 4.01. The summed E-state index contributed by atoms with van der Waals surface area (Å²) in [7, 11) is 1.66. The SMILES string of the molecule is CCCc1cc(N(CCOC)CCC(N)=NO)ncn1. The lowest BCUT2D eigenvalue weighted by molar-refractivity contribution is 0.205. The molecular formula is C13H23N5O2. The zero-order valence-electron chi connectivity index (χ0n) is 12.1. The molecule has 1 aromatic heterocycles. The van der Waals surface area contributed by atoms with Crippen molar-refractivity contribution in [2.45, 2.75) is 26.2 Å². The molecular weight excluding hydrogens is 258 g/mol. The molecule has 0 aromatic carbocycles. The maximum atomic E-state index is 8.60. The molecule has 7 nitrogen and oxygen atoms in total. The molecule has 0 saturated heterocycles. The van der Waals surface area contributed by atoms with Crippen LogP contribution in [0.4, 0.5) is 5.82 Å². The fraction of sp³-hybridized carbons (Fsp3) is 0.615. The van der Waals surface area contributed by atoms with Gasteiger partial charge in [-0.2, -0.15) is 0 Å². The number of methoxy groups -OCH3 is 1. The molecule has 1 heterocycles. The lowest BCUT2D eigenvalue weighted by Gasteiger charge is -2.23. The Kier molecular flexibility index (Phi) is 7.34. The van der Waals surface area contributed by atoms with Gasteiger partial charge in [0, 0.05) is 38.4 Å². The first-order chi connectivity index (χ1) is 9.71. The van der Waals surface area contributed by atoms with Crippen LogP contribution in [-0.4, -0.2) is 47.8 Å². The molecule has 0 aliphatic rings. The van der Waals surface area contributed by atoms with Crippen molar-refractivity contribution in [1.29, 1.82) is 0 Å². The summed E-state index contributed by atoms with van der Waals surface area (Å²) in [4.78, 5) is 10.6. The van der Waals surface area contributed by atoms with Gasteiger partial charge in [0.2, 0.25) is 0 Å². The van der Waals surface area contributed by atoms with Gasteiger partial charge < -0.3 is 20.6 Å². The van der Waals surface area contributed by atoms with Crippen LogP contribution in [0.5, 0.6) is 0 Å². The monoisotopic (exact) mass is 281 g/mol. The van der Waals surface area contributed by atoms with Crippen molar-refractivity contribution in [2.75, 3.05) is 31.7 Å². The normalized spacial score (nSPS) is 11.6. The molecule has 1 rings (SSSR count). The molecule has 0 aliphatic carbocycles. The van der Waals surface area contributed by atoms with Gasteiger partial charge in [0.05, 0.1) is 6.61 Å². The summed E-state index contributed by atoms with van der Waals surface area (Å²) in [5, 5.41) is 11.6. The van der Waals surface area contributed by atoms with Gasteiger partial charge in [0.15, 0.2) is 0 Å². The second-order valence-corrected chi connectivity index (χ2v) is 4.44. The first-order valence-corrected chi connectivity index (χ1v) is 6.72. The molecule has 0 radical (unpaired) electrons. The Hall–Kier alpha value is -1.89. The Balaban J connectivity index is 2.77. The summed E-state index contributed by atoms with van der Waals surface area (Å²) in [5.41, 5.74) is 6.53. The van der Waals surface area contributed by atoms with Crippen molar-refractivity contribution >= 4 is 11.7 Å². The van der Waals surface area contributed by atoms with Crippen LogP contribution >= 0.6 is 0 Å². The average molecular weight is 281 g/mol. The fourth-order valence-electron chi connectivity index (χ4n) is 1.79. The Morgan fingerprint density at radius 3 is 2.90 bits per heavy atom. The summed E-state index contributed by atoms with van der Waals surface area (Å²) in [6.07, 6.45) is 4.00. The molecule has 1 aromatic rings. The molecule has 0 amide bonds. The Morgan fingerprint density at radius 2 is 2.25 bits per heavy atom. The predicted molar refractivity (Wildman–Crippen MR) is 78.1 cm³/mol. The van der Waals surface area contributed by atoms with Gasteiger partial charge in [-0.05, 0) is 6.42 Å². The number of nitrogens with zero attached hydrogens (tertiary/aromatic N) is 4. The Bertz CT molecular complexity index is 425. The number of aromatic nitrogens is 2. The van der Waals surface area contributed by atoms with Gasteiger partial charge in [0.1, 0.15) is 18.0 Å². The van der Waals surface area contributed by atoms with E-state index in [9.17, 15) is 0 Å². The van der Waals surface area contributed by atoms with Crippen molar-refractivity contribution in [3.8, 4) is 0 Å². The number of rotatable bonds is 9. The molecule has 0 aliphatic heterocycles. The highest BCUT2D eigenvalue weighted by atomic mass is 16.5. The minimum absolute atomic E-state index is 0.204. The molecule has 7 heteroatoms. The van der Waals surface area contributed by atoms with Gasteiger partial charge in [0.25, 0.3) is 0 Å². The number of nitrogens with two attached hydrogens (primary N) is 1. The van der Waals surface area contributed by atoms with Gasteiger partial charge in [-0.3, -0.25) is 0 Å². The highest BCUT2D eigenvalue weighted by molar-refractivity contribution is 5.80. The predicted octanol–water partition coefficient (Wildman–Crippen LogP) is 1.02. The summed E-state index contributed by atoms with van der Waals surface area (Å²) < 4.78 is 5.11. The first kappa shape index (κ1) is 16.2.